The molecule has 1 unspecified atom stereocenters. The molecule has 3 rings (SSSR count). The van der Waals surface area contributed by atoms with E-state index in [-0.39, 0.29) is 11.9 Å². The molecule has 0 saturated carbocycles. The Morgan fingerprint density at radius 1 is 1.19 bits per heavy atom. The highest BCUT2D eigenvalue weighted by Crippen LogP contribution is 2.29. The predicted octanol–water partition coefficient (Wildman–Crippen LogP) is 0.604. The van der Waals surface area contributed by atoms with Crippen LogP contribution in [0.5, 0.6) is 0 Å². The van der Waals surface area contributed by atoms with Crippen molar-refractivity contribution in [1.82, 2.24) is 18.8 Å². The molecule has 1 aromatic carbocycles. The van der Waals surface area contributed by atoms with Crippen molar-refractivity contribution in [2.45, 2.75) is 25.3 Å². The Morgan fingerprint density at radius 2 is 1.88 bits per heavy atom. The van der Waals surface area contributed by atoms with Gasteiger partial charge in [-0.2, -0.15) is 17.0 Å². The maximum Gasteiger partial charge on any atom is 0.281 e. The number of hydrogen-bond acceptors (Lipinski definition) is 4. The minimum atomic E-state index is -3.37. The molecular weight excluding hydrogens is 352 g/mol. The second kappa shape index (κ2) is 8.04. The summed E-state index contributed by atoms with van der Waals surface area (Å²) < 4.78 is 27.0. The molecule has 0 radical (unpaired) electrons. The number of aryl methyl sites for hydroxylation is 1. The number of nitrogens with zero attached hydrogens (tertiary/aromatic N) is 3. The first-order valence-electron chi connectivity index (χ1n) is 9.15. The van der Waals surface area contributed by atoms with Gasteiger partial charge in [0, 0.05) is 40.3 Å². The summed E-state index contributed by atoms with van der Waals surface area (Å²) in [7, 11) is -0.291. The van der Waals surface area contributed by atoms with Gasteiger partial charge in [0.25, 0.3) is 10.2 Å². The quantitative estimate of drug-likeness (QED) is 0.812. The summed E-state index contributed by atoms with van der Waals surface area (Å²) in [6.07, 6.45) is 3.13. The summed E-state index contributed by atoms with van der Waals surface area (Å²) in [5.74, 6) is 0.00983. The highest BCUT2D eigenvalue weighted by atomic mass is 32.2. The van der Waals surface area contributed by atoms with E-state index in [9.17, 15) is 13.2 Å². The molecule has 2 aliphatic rings. The van der Waals surface area contributed by atoms with E-state index >= 15 is 0 Å². The highest BCUT2D eigenvalue weighted by molar-refractivity contribution is 7.86. The minimum Gasteiger partial charge on any atom is -0.348 e. The molecular formula is C18H28N4O3S. The molecule has 0 spiro atoms. The van der Waals surface area contributed by atoms with Crippen molar-refractivity contribution in [3.63, 3.8) is 0 Å². The first-order chi connectivity index (χ1) is 12.4. The second-order valence-corrected chi connectivity index (χ2v) is 9.32. The second-order valence-electron chi connectivity index (χ2n) is 7.18. The van der Waals surface area contributed by atoms with Gasteiger partial charge in [0.1, 0.15) is 0 Å². The number of hydrogen-bond donors (Lipinski definition) is 1. The van der Waals surface area contributed by atoms with E-state index in [1.165, 1.54) is 33.8 Å². The van der Waals surface area contributed by atoms with Crippen LogP contribution in [0.25, 0.3) is 0 Å². The lowest BCUT2D eigenvalue weighted by Gasteiger charge is -2.35. The van der Waals surface area contributed by atoms with Gasteiger partial charge in [-0.3, -0.25) is 9.69 Å². The van der Waals surface area contributed by atoms with Gasteiger partial charge in [-0.25, -0.2) is 0 Å². The molecule has 1 atom stereocenters. The van der Waals surface area contributed by atoms with Gasteiger partial charge in [0.05, 0.1) is 12.6 Å². The third-order valence-electron chi connectivity index (χ3n) is 5.19. The fraction of sp³-hybridized carbons (Fsp3) is 0.611. The zero-order valence-corrected chi connectivity index (χ0v) is 16.3. The van der Waals surface area contributed by atoms with Crippen molar-refractivity contribution in [3.8, 4) is 0 Å². The number of nitrogens with one attached hydrogen (secondary N) is 1. The van der Waals surface area contributed by atoms with Crippen LogP contribution in [0.3, 0.4) is 0 Å². The smallest absolute Gasteiger partial charge is 0.281 e. The normalized spacial score (nSPS) is 22.2. The molecule has 0 bridgehead atoms. The number of piperazine rings is 1. The summed E-state index contributed by atoms with van der Waals surface area (Å²) in [5.41, 5.74) is 2.56. The molecule has 144 valence electrons. The van der Waals surface area contributed by atoms with Gasteiger partial charge in [-0.05, 0) is 30.4 Å². The zero-order valence-electron chi connectivity index (χ0n) is 15.5. The van der Waals surface area contributed by atoms with E-state index in [1.54, 1.807) is 0 Å². The standard InChI is InChI=1S/C18H28N4O3S/c1-20(2)26(24,25)22-12-10-21(11-13-22)14-18(23)19-17-9-5-7-15-6-3-4-8-16(15)17/h3-4,6,8,17H,5,7,9-14H2,1-2H3,(H,19,23). The van der Waals surface area contributed by atoms with Crippen LogP contribution in [-0.2, 0) is 21.4 Å². The van der Waals surface area contributed by atoms with E-state index in [4.69, 9.17) is 0 Å². The molecule has 1 heterocycles. The van der Waals surface area contributed by atoms with E-state index < -0.39 is 10.2 Å². The fourth-order valence-electron chi connectivity index (χ4n) is 3.70. The number of benzene rings is 1. The molecule has 1 aromatic rings. The third-order valence-corrected chi connectivity index (χ3v) is 7.13. The lowest BCUT2D eigenvalue weighted by molar-refractivity contribution is -0.123. The molecule has 7 nitrogen and oxygen atoms in total. The average Bonchev–Trinajstić information content (AvgIpc) is 2.62. The number of rotatable bonds is 5. The van der Waals surface area contributed by atoms with Crippen LogP contribution < -0.4 is 5.32 Å². The van der Waals surface area contributed by atoms with Gasteiger partial charge in [0.2, 0.25) is 5.91 Å². The van der Waals surface area contributed by atoms with E-state index in [0.29, 0.717) is 32.7 Å². The Kier molecular flexibility index (Phi) is 5.96. The van der Waals surface area contributed by atoms with Crippen molar-refractivity contribution in [3.05, 3.63) is 35.4 Å². The minimum absolute atomic E-state index is 0.00983. The third kappa shape index (κ3) is 4.25. The van der Waals surface area contributed by atoms with E-state index in [2.05, 4.69) is 17.4 Å². The lowest BCUT2D eigenvalue weighted by atomic mass is 9.88. The Balaban J connectivity index is 1.51. The molecule has 0 aromatic heterocycles. The zero-order chi connectivity index (χ0) is 18.7. The van der Waals surface area contributed by atoms with Crippen LogP contribution in [0, 0.1) is 0 Å². The van der Waals surface area contributed by atoms with Crippen LogP contribution in [0.1, 0.15) is 30.0 Å². The Hall–Kier alpha value is -1.48. The molecule has 1 aliphatic carbocycles. The van der Waals surface area contributed by atoms with Crippen LogP contribution >= 0.6 is 0 Å². The summed E-state index contributed by atoms with van der Waals surface area (Å²) in [6, 6.07) is 8.39. The van der Waals surface area contributed by atoms with Gasteiger partial charge in [-0.1, -0.05) is 24.3 Å². The maximum atomic E-state index is 12.5. The van der Waals surface area contributed by atoms with Gasteiger partial charge in [0.15, 0.2) is 0 Å². The van der Waals surface area contributed by atoms with E-state index in [1.807, 2.05) is 17.0 Å². The molecule has 1 saturated heterocycles. The van der Waals surface area contributed by atoms with Crippen molar-refractivity contribution < 1.29 is 13.2 Å². The number of fused-ring (bicyclic) bond motifs is 1. The summed E-state index contributed by atoms with van der Waals surface area (Å²) in [6.45, 7) is 2.29. The highest BCUT2D eigenvalue weighted by Gasteiger charge is 2.29. The van der Waals surface area contributed by atoms with Gasteiger partial charge >= 0.3 is 0 Å². The molecule has 26 heavy (non-hydrogen) atoms. The Labute approximate surface area is 156 Å². The lowest BCUT2D eigenvalue weighted by Crippen LogP contribution is -2.53. The van der Waals surface area contributed by atoms with Crippen LogP contribution in [0.2, 0.25) is 0 Å². The SMILES string of the molecule is CN(C)S(=O)(=O)N1CCN(CC(=O)NC2CCCc3ccccc32)CC1. The van der Waals surface area contributed by atoms with Crippen molar-refractivity contribution in [1.29, 1.82) is 0 Å². The van der Waals surface area contributed by atoms with E-state index in [0.717, 1.165) is 19.3 Å². The Bertz CT molecular complexity index is 743. The number of amides is 1. The van der Waals surface area contributed by atoms with Crippen molar-refractivity contribution in [2.24, 2.45) is 0 Å². The molecule has 1 amide bonds. The van der Waals surface area contributed by atoms with Crippen molar-refractivity contribution >= 4 is 16.1 Å². The largest absolute Gasteiger partial charge is 0.348 e. The summed E-state index contributed by atoms with van der Waals surface area (Å²) >= 11 is 0. The van der Waals surface area contributed by atoms with Crippen LogP contribution in [0.4, 0.5) is 0 Å². The first-order valence-corrected chi connectivity index (χ1v) is 10.5. The first kappa shape index (κ1) is 19.3. The topological polar surface area (TPSA) is 73.0 Å². The monoisotopic (exact) mass is 380 g/mol. The van der Waals surface area contributed by atoms with Gasteiger partial charge < -0.3 is 5.32 Å². The fourth-order valence-corrected chi connectivity index (χ4v) is 4.78. The molecule has 1 N–H and O–H groups in total. The number of carbonyl (C=O) groups is 1. The predicted molar refractivity (Wildman–Crippen MR) is 101 cm³/mol. The van der Waals surface area contributed by atoms with Crippen LogP contribution in [0.15, 0.2) is 24.3 Å². The maximum absolute atomic E-state index is 12.5. The average molecular weight is 381 g/mol. The summed E-state index contributed by atoms with van der Waals surface area (Å²) in [5, 5.41) is 3.16. The summed E-state index contributed by atoms with van der Waals surface area (Å²) in [4.78, 5) is 14.5. The Morgan fingerprint density at radius 3 is 2.58 bits per heavy atom. The molecule has 1 fully saturated rings. The molecule has 8 heteroatoms. The molecule has 1 aliphatic heterocycles. The van der Waals surface area contributed by atoms with Crippen LogP contribution in [-0.4, -0.2) is 74.7 Å². The van der Waals surface area contributed by atoms with Crippen molar-refractivity contribution in [2.75, 3.05) is 46.8 Å². The number of carbonyl (C=O) groups excluding carboxylic acids is 1. The van der Waals surface area contributed by atoms with Gasteiger partial charge in [-0.15, -0.1) is 0 Å².